The van der Waals surface area contributed by atoms with Gasteiger partial charge < -0.3 is 19.7 Å². The lowest BCUT2D eigenvalue weighted by Crippen LogP contribution is -2.36. The first-order valence-corrected chi connectivity index (χ1v) is 5.30. The largest absolute Gasteiger partial charge is 0.495 e. The number of benzene rings is 1. The molecule has 0 fully saturated rings. The van der Waals surface area contributed by atoms with Crippen LogP contribution in [0.15, 0.2) is 24.3 Å². The number of esters is 1. The summed E-state index contributed by atoms with van der Waals surface area (Å²) in [5, 5.41) is 2.64. The summed E-state index contributed by atoms with van der Waals surface area (Å²) in [6, 6.07) is 6.61. The monoisotopic (exact) mass is 252 g/mol. The minimum Gasteiger partial charge on any atom is -0.495 e. The van der Waals surface area contributed by atoms with E-state index in [1.165, 1.54) is 26.2 Å². The Kier molecular flexibility index (Phi) is 4.98. The fourth-order valence-corrected chi connectivity index (χ4v) is 1.29. The van der Waals surface area contributed by atoms with Crippen LogP contribution in [-0.2, 0) is 9.53 Å². The van der Waals surface area contributed by atoms with Crippen LogP contribution in [0, 0.1) is 0 Å². The summed E-state index contributed by atoms with van der Waals surface area (Å²) in [4.78, 5) is 24.0. The maximum absolute atomic E-state index is 11.8. The number of nitrogens with one attached hydrogen (secondary N) is 1. The molecule has 0 bridgehead atoms. The van der Waals surface area contributed by atoms with Crippen LogP contribution >= 0.6 is 0 Å². The summed E-state index contributed by atoms with van der Waals surface area (Å²) >= 11 is 0. The molecule has 0 aliphatic carbocycles. The Hall–Kier alpha value is -2.24. The van der Waals surface area contributed by atoms with E-state index in [2.05, 4.69) is 10.1 Å². The number of para-hydroxylation sites is 2. The Labute approximate surface area is 105 Å². The van der Waals surface area contributed by atoms with Gasteiger partial charge in [-0.1, -0.05) is 12.1 Å². The Morgan fingerprint density at radius 2 is 1.94 bits per heavy atom. The molecular formula is C12H16N2O4. The van der Waals surface area contributed by atoms with Gasteiger partial charge >= 0.3 is 12.0 Å². The van der Waals surface area contributed by atoms with Crippen LogP contribution < -0.4 is 10.1 Å². The van der Waals surface area contributed by atoms with E-state index in [0.29, 0.717) is 11.4 Å². The van der Waals surface area contributed by atoms with Crippen molar-refractivity contribution in [3.8, 4) is 5.75 Å². The SMILES string of the molecule is COC(=O)CN(C)C(=O)Nc1ccccc1OC. The third-order valence-electron chi connectivity index (χ3n) is 2.29. The lowest BCUT2D eigenvalue weighted by molar-refractivity contribution is -0.140. The smallest absolute Gasteiger partial charge is 0.325 e. The zero-order chi connectivity index (χ0) is 13.5. The number of amides is 2. The Bertz CT molecular complexity index is 434. The first-order valence-electron chi connectivity index (χ1n) is 5.30. The number of likely N-dealkylation sites (N-methyl/N-ethyl adjacent to an activating group) is 1. The highest BCUT2D eigenvalue weighted by atomic mass is 16.5. The normalized spacial score (nSPS) is 9.50. The van der Waals surface area contributed by atoms with Gasteiger partial charge in [-0.2, -0.15) is 0 Å². The van der Waals surface area contributed by atoms with Crippen LogP contribution in [-0.4, -0.2) is 44.7 Å². The lowest BCUT2D eigenvalue weighted by atomic mass is 10.3. The molecule has 18 heavy (non-hydrogen) atoms. The molecule has 1 rings (SSSR count). The van der Waals surface area contributed by atoms with Crippen LogP contribution in [0.2, 0.25) is 0 Å². The molecule has 6 nitrogen and oxygen atoms in total. The number of nitrogens with zero attached hydrogens (tertiary/aromatic N) is 1. The van der Waals surface area contributed by atoms with Crippen molar-refractivity contribution in [1.82, 2.24) is 4.90 Å². The summed E-state index contributed by atoms with van der Waals surface area (Å²) in [5.74, 6) is 0.0741. The predicted octanol–water partition coefficient (Wildman–Crippen LogP) is 1.33. The van der Waals surface area contributed by atoms with Gasteiger partial charge in [-0.3, -0.25) is 4.79 Å². The van der Waals surface area contributed by atoms with E-state index in [1.54, 1.807) is 24.3 Å². The molecule has 1 N–H and O–H groups in total. The van der Waals surface area contributed by atoms with Crippen molar-refractivity contribution in [3.63, 3.8) is 0 Å². The fraction of sp³-hybridized carbons (Fsp3) is 0.333. The number of carbonyl (C=O) groups excluding carboxylic acids is 2. The molecule has 0 unspecified atom stereocenters. The molecule has 0 aromatic heterocycles. The summed E-state index contributed by atoms with van der Waals surface area (Å²) in [7, 11) is 4.29. The van der Waals surface area contributed by atoms with Gasteiger partial charge in [0.05, 0.1) is 19.9 Å². The van der Waals surface area contributed by atoms with Crippen molar-refractivity contribution in [1.29, 1.82) is 0 Å². The van der Waals surface area contributed by atoms with Gasteiger partial charge in [0, 0.05) is 7.05 Å². The van der Waals surface area contributed by atoms with Crippen LogP contribution in [0.4, 0.5) is 10.5 Å². The average Bonchev–Trinajstić information content (AvgIpc) is 2.39. The molecule has 0 heterocycles. The van der Waals surface area contributed by atoms with Gasteiger partial charge in [-0.15, -0.1) is 0 Å². The van der Waals surface area contributed by atoms with E-state index < -0.39 is 12.0 Å². The van der Waals surface area contributed by atoms with Crippen molar-refractivity contribution in [2.45, 2.75) is 0 Å². The van der Waals surface area contributed by atoms with Gasteiger partial charge in [-0.25, -0.2) is 4.79 Å². The molecule has 0 aliphatic rings. The molecule has 0 atom stereocenters. The number of carbonyl (C=O) groups is 2. The number of hydrogen-bond acceptors (Lipinski definition) is 4. The molecule has 0 saturated heterocycles. The second kappa shape index (κ2) is 6.48. The quantitative estimate of drug-likeness (QED) is 0.821. The van der Waals surface area contributed by atoms with Crippen molar-refractivity contribution in [2.75, 3.05) is 33.1 Å². The topological polar surface area (TPSA) is 67.9 Å². The third kappa shape index (κ3) is 3.65. The highest BCUT2D eigenvalue weighted by Crippen LogP contribution is 2.23. The van der Waals surface area contributed by atoms with E-state index in [-0.39, 0.29) is 6.54 Å². The highest BCUT2D eigenvalue weighted by molar-refractivity contribution is 5.92. The number of urea groups is 1. The maximum Gasteiger partial charge on any atom is 0.325 e. The maximum atomic E-state index is 11.8. The van der Waals surface area contributed by atoms with E-state index in [4.69, 9.17) is 4.74 Å². The van der Waals surface area contributed by atoms with Crippen molar-refractivity contribution in [3.05, 3.63) is 24.3 Å². The molecular weight excluding hydrogens is 236 g/mol. The molecule has 1 aromatic rings. The predicted molar refractivity (Wildman–Crippen MR) is 66.7 cm³/mol. The van der Waals surface area contributed by atoms with Crippen molar-refractivity contribution >= 4 is 17.7 Å². The minimum absolute atomic E-state index is 0.114. The molecule has 0 aliphatic heterocycles. The Morgan fingerprint density at radius 3 is 2.56 bits per heavy atom. The fourth-order valence-electron chi connectivity index (χ4n) is 1.29. The molecule has 0 spiro atoms. The molecule has 1 aromatic carbocycles. The molecule has 2 amide bonds. The zero-order valence-corrected chi connectivity index (χ0v) is 10.6. The van der Waals surface area contributed by atoms with Crippen LogP contribution in [0.1, 0.15) is 0 Å². The van der Waals surface area contributed by atoms with Gasteiger partial charge in [0.2, 0.25) is 0 Å². The molecule has 6 heteroatoms. The number of ether oxygens (including phenoxy) is 2. The van der Waals surface area contributed by atoms with E-state index >= 15 is 0 Å². The highest BCUT2D eigenvalue weighted by Gasteiger charge is 2.14. The first kappa shape index (κ1) is 13.8. The van der Waals surface area contributed by atoms with E-state index in [0.717, 1.165) is 0 Å². The van der Waals surface area contributed by atoms with Crippen molar-refractivity contribution < 1.29 is 19.1 Å². The van der Waals surface area contributed by atoms with E-state index in [1.807, 2.05) is 0 Å². The zero-order valence-electron chi connectivity index (χ0n) is 10.6. The Balaban J connectivity index is 2.66. The van der Waals surface area contributed by atoms with Crippen LogP contribution in [0.25, 0.3) is 0 Å². The number of anilines is 1. The van der Waals surface area contributed by atoms with Gasteiger partial charge in [0.25, 0.3) is 0 Å². The minimum atomic E-state index is -0.479. The second-order valence-corrected chi connectivity index (χ2v) is 3.56. The summed E-state index contributed by atoms with van der Waals surface area (Å²) in [5.41, 5.74) is 0.543. The average molecular weight is 252 g/mol. The van der Waals surface area contributed by atoms with E-state index in [9.17, 15) is 9.59 Å². The second-order valence-electron chi connectivity index (χ2n) is 3.56. The van der Waals surface area contributed by atoms with Gasteiger partial charge in [0.1, 0.15) is 12.3 Å². The summed E-state index contributed by atoms with van der Waals surface area (Å²) < 4.78 is 9.58. The molecule has 0 radical (unpaired) electrons. The number of rotatable bonds is 4. The third-order valence-corrected chi connectivity index (χ3v) is 2.29. The number of methoxy groups -OCH3 is 2. The summed E-state index contributed by atoms with van der Waals surface area (Å²) in [6.07, 6.45) is 0. The summed E-state index contributed by atoms with van der Waals surface area (Å²) in [6.45, 7) is -0.114. The number of hydrogen-bond donors (Lipinski definition) is 1. The van der Waals surface area contributed by atoms with Gasteiger partial charge in [0.15, 0.2) is 0 Å². The van der Waals surface area contributed by atoms with Crippen molar-refractivity contribution in [2.24, 2.45) is 0 Å². The first-order chi connectivity index (χ1) is 8.58. The molecule has 0 saturated carbocycles. The standard InChI is InChI=1S/C12H16N2O4/c1-14(8-11(15)18-3)12(16)13-9-6-4-5-7-10(9)17-2/h4-7H,8H2,1-3H3,(H,13,16). The van der Waals surface area contributed by atoms with Crippen LogP contribution in [0.5, 0.6) is 5.75 Å². The lowest BCUT2D eigenvalue weighted by Gasteiger charge is -2.17. The van der Waals surface area contributed by atoms with Gasteiger partial charge in [-0.05, 0) is 12.1 Å². The van der Waals surface area contributed by atoms with Crippen LogP contribution in [0.3, 0.4) is 0 Å². The molecule has 98 valence electrons. The Morgan fingerprint density at radius 1 is 1.28 bits per heavy atom.